The standard InChI is InChI=1S/C19H25N5O3/c25-18(14-24-19(26)23-9-3-1-2-4-17(23)21-24)20-15-5-7-16(8-6-15)22-10-12-27-13-11-22/h5-8H,1-4,9-14H2,(H,20,25). The Morgan fingerprint density at radius 2 is 1.85 bits per heavy atom. The lowest BCUT2D eigenvalue weighted by atomic mass is 10.2. The van der Waals surface area contributed by atoms with Gasteiger partial charge in [-0.2, -0.15) is 5.10 Å². The first-order valence-electron chi connectivity index (χ1n) is 9.60. The molecule has 8 nitrogen and oxygen atoms in total. The van der Waals surface area contributed by atoms with Gasteiger partial charge in [-0.15, -0.1) is 0 Å². The molecule has 1 aromatic heterocycles. The molecular weight excluding hydrogens is 346 g/mol. The van der Waals surface area contributed by atoms with Crippen molar-refractivity contribution < 1.29 is 9.53 Å². The number of nitrogens with zero attached hydrogens (tertiary/aromatic N) is 4. The van der Waals surface area contributed by atoms with Gasteiger partial charge in [-0.3, -0.25) is 9.36 Å². The molecule has 0 radical (unpaired) electrons. The Morgan fingerprint density at radius 3 is 2.63 bits per heavy atom. The van der Waals surface area contributed by atoms with Crippen LogP contribution in [0.4, 0.5) is 11.4 Å². The number of benzene rings is 1. The fourth-order valence-electron chi connectivity index (χ4n) is 3.64. The van der Waals surface area contributed by atoms with Gasteiger partial charge in [0.2, 0.25) is 5.91 Å². The van der Waals surface area contributed by atoms with Crippen LogP contribution in [-0.2, 0) is 29.0 Å². The molecule has 8 heteroatoms. The van der Waals surface area contributed by atoms with Crippen LogP contribution in [0.25, 0.3) is 0 Å². The minimum atomic E-state index is -0.246. The molecule has 27 heavy (non-hydrogen) atoms. The number of carbonyl (C=O) groups excluding carboxylic acids is 1. The fourth-order valence-corrected chi connectivity index (χ4v) is 3.64. The van der Waals surface area contributed by atoms with Crippen molar-refractivity contribution in [1.82, 2.24) is 14.3 Å². The van der Waals surface area contributed by atoms with E-state index in [0.717, 1.165) is 63.5 Å². The lowest BCUT2D eigenvalue weighted by Gasteiger charge is -2.28. The molecule has 0 unspecified atom stereocenters. The molecule has 0 aliphatic carbocycles. The summed E-state index contributed by atoms with van der Waals surface area (Å²) in [6, 6.07) is 7.75. The maximum atomic E-state index is 12.4. The molecule has 1 amide bonds. The molecule has 4 rings (SSSR count). The molecule has 0 spiro atoms. The van der Waals surface area contributed by atoms with E-state index in [1.54, 1.807) is 4.57 Å². The van der Waals surface area contributed by atoms with E-state index < -0.39 is 0 Å². The normalized spacial score (nSPS) is 17.3. The van der Waals surface area contributed by atoms with Gasteiger partial charge in [0.1, 0.15) is 12.4 Å². The largest absolute Gasteiger partial charge is 0.378 e. The predicted octanol–water partition coefficient (Wildman–Crippen LogP) is 1.25. The zero-order chi connectivity index (χ0) is 18.6. The number of hydrogen-bond acceptors (Lipinski definition) is 5. The van der Waals surface area contributed by atoms with Gasteiger partial charge in [0.25, 0.3) is 0 Å². The predicted molar refractivity (Wildman–Crippen MR) is 102 cm³/mol. The van der Waals surface area contributed by atoms with Crippen molar-refractivity contribution in [3.63, 3.8) is 0 Å². The maximum absolute atomic E-state index is 12.4. The number of ether oxygens (including phenoxy) is 1. The first kappa shape index (κ1) is 17.8. The number of amides is 1. The number of nitrogens with one attached hydrogen (secondary N) is 1. The van der Waals surface area contributed by atoms with E-state index in [2.05, 4.69) is 15.3 Å². The van der Waals surface area contributed by atoms with Gasteiger partial charge in [0.15, 0.2) is 0 Å². The quantitative estimate of drug-likeness (QED) is 0.875. The highest BCUT2D eigenvalue weighted by Gasteiger charge is 2.17. The molecule has 1 saturated heterocycles. The highest BCUT2D eigenvalue weighted by Crippen LogP contribution is 2.19. The zero-order valence-electron chi connectivity index (χ0n) is 15.4. The number of hydrogen-bond donors (Lipinski definition) is 1. The Hall–Kier alpha value is -2.61. The van der Waals surface area contributed by atoms with E-state index in [1.807, 2.05) is 24.3 Å². The smallest absolute Gasteiger partial charge is 0.346 e. The van der Waals surface area contributed by atoms with E-state index in [9.17, 15) is 9.59 Å². The van der Waals surface area contributed by atoms with Crippen LogP contribution in [0.15, 0.2) is 29.1 Å². The average molecular weight is 371 g/mol. The lowest BCUT2D eigenvalue weighted by molar-refractivity contribution is -0.117. The number of fused-ring (bicyclic) bond motifs is 1. The van der Waals surface area contributed by atoms with Crippen LogP contribution < -0.4 is 15.9 Å². The van der Waals surface area contributed by atoms with Crippen LogP contribution in [0.1, 0.15) is 25.1 Å². The Morgan fingerprint density at radius 1 is 1.07 bits per heavy atom. The summed E-state index contributed by atoms with van der Waals surface area (Å²) >= 11 is 0. The van der Waals surface area contributed by atoms with Crippen molar-refractivity contribution in [2.45, 2.75) is 38.8 Å². The first-order valence-corrected chi connectivity index (χ1v) is 9.60. The zero-order valence-corrected chi connectivity index (χ0v) is 15.4. The topological polar surface area (TPSA) is 81.4 Å². The second kappa shape index (κ2) is 7.96. The molecule has 144 valence electrons. The average Bonchev–Trinajstić information content (AvgIpc) is 2.86. The third-order valence-electron chi connectivity index (χ3n) is 5.10. The van der Waals surface area contributed by atoms with Crippen LogP contribution in [0, 0.1) is 0 Å². The molecule has 0 bridgehead atoms. The summed E-state index contributed by atoms with van der Waals surface area (Å²) in [5.41, 5.74) is 1.64. The lowest BCUT2D eigenvalue weighted by Crippen LogP contribution is -2.36. The van der Waals surface area contributed by atoms with Crippen LogP contribution in [0.5, 0.6) is 0 Å². The summed E-state index contributed by atoms with van der Waals surface area (Å²) in [7, 11) is 0. The summed E-state index contributed by atoms with van der Waals surface area (Å²) in [5, 5.41) is 7.20. The minimum Gasteiger partial charge on any atom is -0.378 e. The monoisotopic (exact) mass is 371 g/mol. The summed E-state index contributed by atoms with van der Waals surface area (Å²) in [4.78, 5) is 27.1. The van der Waals surface area contributed by atoms with Gasteiger partial charge in [0, 0.05) is 37.4 Å². The van der Waals surface area contributed by atoms with Crippen molar-refractivity contribution in [3.8, 4) is 0 Å². The van der Waals surface area contributed by atoms with Gasteiger partial charge in [0.05, 0.1) is 13.2 Å². The highest BCUT2D eigenvalue weighted by atomic mass is 16.5. The number of rotatable bonds is 4. The second-order valence-electron chi connectivity index (χ2n) is 7.01. The molecule has 2 aliphatic rings. The molecule has 2 aromatic rings. The Labute approximate surface area is 157 Å². The van der Waals surface area contributed by atoms with Crippen LogP contribution >= 0.6 is 0 Å². The van der Waals surface area contributed by atoms with Crippen LogP contribution in [0.2, 0.25) is 0 Å². The van der Waals surface area contributed by atoms with Gasteiger partial charge < -0.3 is 15.0 Å². The van der Waals surface area contributed by atoms with Gasteiger partial charge in [-0.1, -0.05) is 6.42 Å². The van der Waals surface area contributed by atoms with Crippen molar-refractivity contribution >= 4 is 17.3 Å². The Balaban J connectivity index is 1.39. The fraction of sp³-hybridized carbons (Fsp3) is 0.526. The SMILES string of the molecule is O=C(Cn1nc2n(c1=O)CCCCC2)Nc1ccc(N2CCOCC2)cc1. The van der Waals surface area contributed by atoms with E-state index in [-0.39, 0.29) is 18.1 Å². The number of aryl methyl sites for hydroxylation is 1. The molecule has 1 fully saturated rings. The summed E-state index contributed by atoms with van der Waals surface area (Å²) in [6.45, 7) is 3.85. The molecular formula is C19H25N5O3. The molecule has 2 aliphatic heterocycles. The molecule has 1 N–H and O–H groups in total. The van der Waals surface area contributed by atoms with Gasteiger partial charge in [-0.25, -0.2) is 9.48 Å². The number of aromatic nitrogens is 3. The molecule has 1 aromatic carbocycles. The van der Waals surface area contributed by atoms with E-state index in [0.29, 0.717) is 12.2 Å². The van der Waals surface area contributed by atoms with Gasteiger partial charge in [-0.05, 0) is 37.1 Å². The number of carbonyl (C=O) groups is 1. The van der Waals surface area contributed by atoms with Crippen LogP contribution in [-0.4, -0.2) is 46.6 Å². The summed E-state index contributed by atoms with van der Waals surface area (Å²) < 4.78 is 8.35. The summed E-state index contributed by atoms with van der Waals surface area (Å²) in [5.74, 6) is 0.546. The summed E-state index contributed by atoms with van der Waals surface area (Å²) in [6.07, 6.45) is 3.94. The maximum Gasteiger partial charge on any atom is 0.346 e. The third-order valence-corrected chi connectivity index (χ3v) is 5.10. The van der Waals surface area contributed by atoms with Crippen molar-refractivity contribution in [2.75, 3.05) is 36.5 Å². The van der Waals surface area contributed by atoms with E-state index in [4.69, 9.17) is 4.74 Å². The van der Waals surface area contributed by atoms with E-state index in [1.165, 1.54) is 4.68 Å². The molecule has 0 atom stereocenters. The first-order chi connectivity index (χ1) is 13.2. The van der Waals surface area contributed by atoms with Crippen molar-refractivity contribution in [3.05, 3.63) is 40.6 Å². The minimum absolute atomic E-state index is 0.0654. The van der Waals surface area contributed by atoms with E-state index >= 15 is 0 Å². The highest BCUT2D eigenvalue weighted by molar-refractivity contribution is 5.90. The van der Waals surface area contributed by atoms with Crippen LogP contribution in [0.3, 0.4) is 0 Å². The van der Waals surface area contributed by atoms with Crippen molar-refractivity contribution in [1.29, 1.82) is 0 Å². The second-order valence-corrected chi connectivity index (χ2v) is 7.01. The Bertz CT molecular complexity index is 849. The molecule has 0 saturated carbocycles. The number of morpholine rings is 1. The number of anilines is 2. The van der Waals surface area contributed by atoms with Crippen molar-refractivity contribution in [2.24, 2.45) is 0 Å². The third kappa shape index (κ3) is 4.05. The van der Waals surface area contributed by atoms with Gasteiger partial charge >= 0.3 is 5.69 Å². The Kier molecular flexibility index (Phi) is 5.24. The molecule has 3 heterocycles.